The van der Waals surface area contributed by atoms with Crippen molar-refractivity contribution in [3.05, 3.63) is 60.3 Å². The first kappa shape index (κ1) is 22.5. The van der Waals surface area contributed by atoms with Crippen molar-refractivity contribution in [1.82, 2.24) is 10.3 Å². The quantitative estimate of drug-likeness (QED) is 0.654. The number of hydrogen-bond acceptors (Lipinski definition) is 5. The number of pyridine rings is 1. The van der Waals surface area contributed by atoms with Crippen molar-refractivity contribution in [2.24, 2.45) is 0 Å². The zero-order valence-electron chi connectivity index (χ0n) is 17.6. The number of rotatable bonds is 3. The molecule has 7 heteroatoms. The molecular weight excluding hydrogens is 418 g/mol. The number of sulfone groups is 1. The van der Waals surface area contributed by atoms with E-state index in [-0.39, 0.29) is 17.8 Å². The van der Waals surface area contributed by atoms with Gasteiger partial charge in [0, 0.05) is 37.8 Å². The van der Waals surface area contributed by atoms with Crippen molar-refractivity contribution in [3.63, 3.8) is 0 Å². The number of halogens is 1. The lowest BCUT2D eigenvalue weighted by molar-refractivity contribution is 0.585. The largest absolute Gasteiger partial charge is 0.354 e. The van der Waals surface area contributed by atoms with E-state index in [1.165, 1.54) is 0 Å². The normalized spacial score (nSPS) is 15.1. The van der Waals surface area contributed by atoms with Gasteiger partial charge in [0.25, 0.3) is 0 Å². The van der Waals surface area contributed by atoms with Gasteiger partial charge in [-0.15, -0.1) is 12.4 Å². The van der Waals surface area contributed by atoms with Crippen LogP contribution in [0.1, 0.15) is 26.3 Å². The topological polar surface area (TPSA) is 62.3 Å². The first-order valence-electron chi connectivity index (χ1n) is 9.97. The third-order valence-corrected chi connectivity index (χ3v) is 7.24. The maximum atomic E-state index is 13.3. The second-order valence-electron chi connectivity index (χ2n) is 8.53. The van der Waals surface area contributed by atoms with Crippen LogP contribution in [0, 0.1) is 0 Å². The van der Waals surface area contributed by atoms with Gasteiger partial charge in [-0.3, -0.25) is 0 Å². The molecule has 0 aliphatic carbocycles. The summed E-state index contributed by atoms with van der Waals surface area (Å²) in [5.41, 5.74) is 1.09. The summed E-state index contributed by atoms with van der Waals surface area (Å²) < 4.78 is 26.6. The fraction of sp³-hybridized carbons (Fsp3) is 0.348. The van der Waals surface area contributed by atoms with E-state index in [0.717, 1.165) is 48.3 Å². The van der Waals surface area contributed by atoms with E-state index in [9.17, 15) is 8.42 Å². The van der Waals surface area contributed by atoms with Gasteiger partial charge in [0.15, 0.2) is 0 Å². The van der Waals surface area contributed by atoms with Crippen LogP contribution in [0.2, 0.25) is 0 Å². The molecule has 1 aromatic heterocycles. The number of aromatic nitrogens is 1. The molecule has 0 radical (unpaired) electrons. The van der Waals surface area contributed by atoms with E-state index in [1.807, 2.05) is 24.3 Å². The minimum Gasteiger partial charge on any atom is -0.354 e. The first-order valence-corrected chi connectivity index (χ1v) is 11.5. The lowest BCUT2D eigenvalue weighted by Crippen LogP contribution is -2.43. The molecule has 0 amide bonds. The first-order chi connectivity index (χ1) is 13.8. The van der Waals surface area contributed by atoms with Crippen molar-refractivity contribution in [1.29, 1.82) is 0 Å². The second kappa shape index (κ2) is 8.53. The van der Waals surface area contributed by atoms with Crippen LogP contribution in [0.15, 0.2) is 64.5 Å². The van der Waals surface area contributed by atoms with Gasteiger partial charge in [0.05, 0.1) is 9.79 Å². The highest BCUT2D eigenvalue weighted by Gasteiger charge is 2.22. The maximum absolute atomic E-state index is 13.3. The Bertz CT molecular complexity index is 1130. The van der Waals surface area contributed by atoms with E-state index in [4.69, 9.17) is 0 Å². The summed E-state index contributed by atoms with van der Waals surface area (Å²) in [4.78, 5) is 7.40. The Balaban J connectivity index is 0.00000256. The molecule has 4 rings (SSSR count). The molecule has 1 saturated heterocycles. The van der Waals surface area contributed by atoms with Crippen LogP contribution in [0.5, 0.6) is 0 Å². The Morgan fingerprint density at radius 2 is 1.57 bits per heavy atom. The number of hydrogen-bond donors (Lipinski definition) is 1. The highest BCUT2D eigenvalue weighted by Crippen LogP contribution is 2.31. The molecule has 0 saturated carbocycles. The molecule has 1 aliphatic heterocycles. The highest BCUT2D eigenvalue weighted by molar-refractivity contribution is 7.91. The number of nitrogens with one attached hydrogen (secondary N) is 1. The molecule has 0 unspecified atom stereocenters. The Morgan fingerprint density at radius 3 is 2.20 bits per heavy atom. The molecule has 5 nitrogen and oxygen atoms in total. The molecule has 0 atom stereocenters. The number of nitrogens with zero attached hydrogens (tertiary/aromatic N) is 2. The number of anilines is 1. The predicted molar refractivity (Wildman–Crippen MR) is 125 cm³/mol. The lowest BCUT2D eigenvalue weighted by Gasteiger charge is -2.29. The Labute approximate surface area is 184 Å². The monoisotopic (exact) mass is 445 g/mol. The molecular formula is C23H28ClN3O2S. The zero-order valence-corrected chi connectivity index (χ0v) is 19.2. The van der Waals surface area contributed by atoms with Gasteiger partial charge in [-0.1, -0.05) is 39.0 Å². The van der Waals surface area contributed by atoms with E-state index in [2.05, 4.69) is 36.0 Å². The van der Waals surface area contributed by atoms with Crippen LogP contribution in [-0.2, 0) is 15.3 Å². The zero-order chi connectivity index (χ0) is 20.6. The van der Waals surface area contributed by atoms with E-state index >= 15 is 0 Å². The van der Waals surface area contributed by atoms with Gasteiger partial charge in [-0.2, -0.15) is 0 Å². The summed E-state index contributed by atoms with van der Waals surface area (Å²) in [5.74, 6) is 0.851. The minimum atomic E-state index is -3.60. The van der Waals surface area contributed by atoms with Crippen LogP contribution in [0.4, 0.5) is 5.82 Å². The van der Waals surface area contributed by atoms with Gasteiger partial charge in [-0.25, -0.2) is 13.4 Å². The van der Waals surface area contributed by atoms with Crippen molar-refractivity contribution in [2.75, 3.05) is 31.1 Å². The van der Waals surface area contributed by atoms with Crippen molar-refractivity contribution < 1.29 is 8.42 Å². The fourth-order valence-corrected chi connectivity index (χ4v) is 4.98. The summed E-state index contributed by atoms with van der Waals surface area (Å²) >= 11 is 0. The average molecular weight is 446 g/mol. The maximum Gasteiger partial charge on any atom is 0.206 e. The van der Waals surface area contributed by atoms with Crippen LogP contribution in [0.25, 0.3) is 10.8 Å². The molecule has 160 valence electrons. The molecule has 0 spiro atoms. The summed E-state index contributed by atoms with van der Waals surface area (Å²) in [7, 11) is -3.60. The SMILES string of the molecule is CC(C)(C)c1ccc(S(=O)(=O)c2ccc3ccnc(N4CCNCC4)c3c2)cc1.Cl. The van der Waals surface area contributed by atoms with Crippen molar-refractivity contribution >= 4 is 38.8 Å². The third-order valence-electron chi connectivity index (χ3n) is 5.47. The van der Waals surface area contributed by atoms with Crippen molar-refractivity contribution in [3.8, 4) is 0 Å². The van der Waals surface area contributed by atoms with Gasteiger partial charge in [0.2, 0.25) is 9.84 Å². The summed E-state index contributed by atoms with van der Waals surface area (Å²) in [6, 6.07) is 14.5. The van der Waals surface area contributed by atoms with Crippen LogP contribution >= 0.6 is 12.4 Å². The van der Waals surface area contributed by atoms with E-state index in [0.29, 0.717) is 9.79 Å². The van der Waals surface area contributed by atoms with Crippen LogP contribution in [-0.4, -0.2) is 39.6 Å². The standard InChI is InChI=1S/C23H27N3O2S.ClH/c1-23(2,3)18-5-8-19(9-6-18)29(27,28)20-7-4-17-10-11-25-22(21(17)16-20)26-14-12-24-13-15-26;/h4-11,16,24H,12-15H2,1-3H3;1H. The van der Waals surface area contributed by atoms with Gasteiger partial charge < -0.3 is 10.2 Å². The van der Waals surface area contributed by atoms with Crippen LogP contribution in [0.3, 0.4) is 0 Å². The molecule has 2 heterocycles. The molecule has 3 aromatic rings. The Hall–Kier alpha value is -2.15. The second-order valence-corrected chi connectivity index (χ2v) is 10.5. The van der Waals surface area contributed by atoms with Gasteiger partial charge >= 0.3 is 0 Å². The molecule has 30 heavy (non-hydrogen) atoms. The van der Waals surface area contributed by atoms with Gasteiger partial charge in [-0.05, 0) is 46.7 Å². The van der Waals surface area contributed by atoms with Crippen molar-refractivity contribution in [2.45, 2.75) is 36.0 Å². The number of piperazine rings is 1. The highest BCUT2D eigenvalue weighted by atomic mass is 35.5. The smallest absolute Gasteiger partial charge is 0.206 e. The molecule has 1 N–H and O–H groups in total. The van der Waals surface area contributed by atoms with Crippen LogP contribution < -0.4 is 10.2 Å². The third kappa shape index (κ3) is 4.31. The average Bonchev–Trinajstić information content (AvgIpc) is 2.73. The summed E-state index contributed by atoms with van der Waals surface area (Å²) in [6.07, 6.45) is 1.79. The molecule has 0 bridgehead atoms. The van der Waals surface area contributed by atoms with Gasteiger partial charge in [0.1, 0.15) is 5.82 Å². The lowest BCUT2D eigenvalue weighted by atomic mass is 9.87. The fourth-order valence-electron chi connectivity index (χ4n) is 3.70. The summed E-state index contributed by atoms with van der Waals surface area (Å²) in [5, 5.41) is 5.21. The molecule has 1 aliphatic rings. The number of fused-ring (bicyclic) bond motifs is 1. The Kier molecular flexibility index (Phi) is 6.41. The minimum absolute atomic E-state index is 0. The number of benzene rings is 2. The van der Waals surface area contributed by atoms with E-state index < -0.39 is 9.84 Å². The predicted octanol–water partition coefficient (Wildman–Crippen LogP) is 4.20. The molecule has 2 aromatic carbocycles. The van der Waals surface area contributed by atoms with E-state index in [1.54, 1.807) is 30.5 Å². The Morgan fingerprint density at radius 1 is 0.933 bits per heavy atom. The molecule has 1 fully saturated rings. The summed E-state index contributed by atoms with van der Waals surface area (Å²) in [6.45, 7) is 9.86.